The maximum absolute atomic E-state index is 13.1. The van der Waals surface area contributed by atoms with Gasteiger partial charge in [-0.25, -0.2) is 14.5 Å². The van der Waals surface area contributed by atoms with Crippen LogP contribution >= 0.6 is 11.8 Å². The van der Waals surface area contributed by atoms with Gasteiger partial charge >= 0.3 is 6.03 Å². The van der Waals surface area contributed by atoms with Gasteiger partial charge < -0.3 is 15.4 Å². The molecule has 0 unspecified atom stereocenters. The molecule has 0 saturated heterocycles. The summed E-state index contributed by atoms with van der Waals surface area (Å²) in [5, 5.41) is 13.5. The van der Waals surface area contributed by atoms with Crippen LogP contribution in [0.4, 0.5) is 22.1 Å². The van der Waals surface area contributed by atoms with E-state index in [1.165, 1.54) is 11.8 Å². The molecular formula is C32H38N6O3S. The van der Waals surface area contributed by atoms with Crippen molar-refractivity contribution in [2.45, 2.75) is 58.3 Å². The van der Waals surface area contributed by atoms with Gasteiger partial charge in [0.1, 0.15) is 23.1 Å². The van der Waals surface area contributed by atoms with Gasteiger partial charge in [-0.1, -0.05) is 59.7 Å². The van der Waals surface area contributed by atoms with E-state index >= 15 is 0 Å². The van der Waals surface area contributed by atoms with Crippen molar-refractivity contribution in [3.63, 3.8) is 0 Å². The second-order valence-electron chi connectivity index (χ2n) is 12.1. The van der Waals surface area contributed by atoms with Crippen molar-refractivity contribution in [2.75, 3.05) is 22.2 Å². The molecule has 2 heterocycles. The lowest BCUT2D eigenvalue weighted by Gasteiger charge is -2.17. The third-order valence-corrected chi connectivity index (χ3v) is 6.84. The number of hydrogen-bond acceptors (Lipinski definition) is 6. The van der Waals surface area contributed by atoms with E-state index in [1.54, 1.807) is 35.1 Å². The summed E-state index contributed by atoms with van der Waals surface area (Å²) in [4.78, 5) is 30.5. The number of aromatic nitrogens is 3. The molecule has 42 heavy (non-hydrogen) atoms. The largest absolute Gasteiger partial charge is 0.457 e. The van der Waals surface area contributed by atoms with Gasteiger partial charge in [-0.15, -0.1) is 11.8 Å². The minimum atomic E-state index is -0.388. The van der Waals surface area contributed by atoms with Crippen LogP contribution in [0.5, 0.6) is 11.5 Å². The number of carbonyl (C=O) groups is 2. The van der Waals surface area contributed by atoms with Crippen molar-refractivity contribution in [1.29, 1.82) is 0 Å². The lowest BCUT2D eigenvalue weighted by molar-refractivity contribution is -0.117. The van der Waals surface area contributed by atoms with E-state index in [4.69, 9.17) is 9.84 Å². The van der Waals surface area contributed by atoms with E-state index in [2.05, 4.69) is 41.7 Å². The van der Waals surface area contributed by atoms with Gasteiger partial charge in [0.25, 0.3) is 0 Å². The Balaban J connectivity index is 1.47. The third-order valence-electron chi connectivity index (χ3n) is 6.07. The number of carbonyl (C=O) groups excluding carboxylic acids is 2. The first-order valence-electron chi connectivity index (χ1n) is 13.7. The number of hydrogen-bond donors (Lipinski definition) is 3. The molecule has 0 atom stereocenters. The molecule has 9 nitrogen and oxygen atoms in total. The van der Waals surface area contributed by atoms with Crippen LogP contribution in [0.2, 0.25) is 0 Å². The number of thioether (sulfide) groups is 1. The molecule has 10 heteroatoms. The Morgan fingerprint density at radius 1 is 0.881 bits per heavy atom. The quantitative estimate of drug-likeness (QED) is 0.180. The van der Waals surface area contributed by atoms with Crippen molar-refractivity contribution < 1.29 is 14.3 Å². The third kappa shape index (κ3) is 8.36. The number of benzene rings is 2. The van der Waals surface area contributed by atoms with Crippen LogP contribution in [-0.2, 0) is 10.2 Å². The summed E-state index contributed by atoms with van der Waals surface area (Å²) in [6.07, 6.45) is 3.89. The predicted octanol–water partition coefficient (Wildman–Crippen LogP) is 8.10. The molecule has 0 spiro atoms. The summed E-state index contributed by atoms with van der Waals surface area (Å²) in [6, 6.07) is 20.0. The molecule has 0 radical (unpaired) electrons. The van der Waals surface area contributed by atoms with Crippen LogP contribution in [-0.4, -0.2) is 33.0 Å². The number of ether oxygens (including phenoxy) is 1. The van der Waals surface area contributed by atoms with Crippen LogP contribution in [0.3, 0.4) is 0 Å². The number of amides is 3. The molecule has 0 aliphatic heterocycles. The van der Waals surface area contributed by atoms with E-state index < -0.39 is 0 Å². The molecule has 3 N–H and O–H groups in total. The molecule has 4 rings (SSSR count). The second-order valence-corrected chi connectivity index (χ2v) is 13.0. The molecule has 2 aromatic carbocycles. The summed E-state index contributed by atoms with van der Waals surface area (Å²) in [6.45, 7) is 12.3. The van der Waals surface area contributed by atoms with E-state index in [-0.39, 0.29) is 22.8 Å². The number of nitrogens with zero attached hydrogens (tertiary/aromatic N) is 3. The fourth-order valence-electron chi connectivity index (χ4n) is 4.06. The minimum absolute atomic E-state index is 0.105. The summed E-state index contributed by atoms with van der Waals surface area (Å²) >= 11 is 1.48. The fraction of sp³-hybridized carbons (Fsp3) is 0.312. The van der Waals surface area contributed by atoms with Gasteiger partial charge in [-0.05, 0) is 48.1 Å². The van der Waals surface area contributed by atoms with Crippen molar-refractivity contribution in [3.05, 3.63) is 78.6 Å². The molecule has 0 aliphatic rings. The van der Waals surface area contributed by atoms with Crippen LogP contribution in [0, 0.1) is 5.41 Å². The Labute approximate surface area is 251 Å². The first kappa shape index (κ1) is 30.6. The number of pyridine rings is 1. The molecule has 3 amide bonds. The number of urea groups is 1. The molecular weight excluding hydrogens is 548 g/mol. The Kier molecular flexibility index (Phi) is 9.26. The fourth-order valence-corrected chi connectivity index (χ4v) is 4.63. The van der Waals surface area contributed by atoms with Crippen LogP contribution in [0.15, 0.2) is 77.8 Å². The molecule has 0 saturated carbocycles. The Morgan fingerprint density at radius 2 is 1.60 bits per heavy atom. The van der Waals surface area contributed by atoms with Crippen molar-refractivity contribution >= 4 is 41.0 Å². The number of rotatable bonds is 8. The van der Waals surface area contributed by atoms with Gasteiger partial charge in [0, 0.05) is 35.1 Å². The van der Waals surface area contributed by atoms with Crippen LogP contribution < -0.4 is 20.7 Å². The topological polar surface area (TPSA) is 110 Å². The van der Waals surface area contributed by atoms with Crippen molar-refractivity contribution in [1.82, 2.24) is 14.8 Å². The summed E-state index contributed by atoms with van der Waals surface area (Å²) in [5.41, 5.74) is 2.03. The maximum Gasteiger partial charge on any atom is 0.324 e. The highest BCUT2D eigenvalue weighted by atomic mass is 32.2. The summed E-state index contributed by atoms with van der Waals surface area (Å²) in [7, 11) is 0. The Hall–Kier alpha value is -4.31. The van der Waals surface area contributed by atoms with Gasteiger partial charge in [-0.3, -0.25) is 10.1 Å². The van der Waals surface area contributed by atoms with Gasteiger partial charge in [0.15, 0.2) is 0 Å². The smallest absolute Gasteiger partial charge is 0.324 e. The standard InChI is InChI=1S/C32H38N6O3S/c1-31(2,3)20-29(39)35-27-18-23(15-16-33-27)41-22-13-14-24(25(17-22)42-7)34-30(40)36-28-19-26(32(4,5)6)37-38(28)21-11-9-8-10-12-21/h8-19H,20H2,1-7H3,(H,33,35,39)(H2,34,36,40). The van der Waals surface area contributed by atoms with E-state index in [0.29, 0.717) is 35.2 Å². The zero-order valence-corrected chi connectivity index (χ0v) is 25.9. The molecule has 0 bridgehead atoms. The molecule has 0 fully saturated rings. The van der Waals surface area contributed by atoms with Crippen LogP contribution in [0.25, 0.3) is 5.69 Å². The van der Waals surface area contributed by atoms with Crippen molar-refractivity contribution in [3.8, 4) is 17.2 Å². The average molecular weight is 587 g/mol. The van der Waals surface area contributed by atoms with Gasteiger partial charge in [0.05, 0.1) is 17.1 Å². The van der Waals surface area contributed by atoms with E-state index in [0.717, 1.165) is 16.3 Å². The monoisotopic (exact) mass is 586 g/mol. The molecule has 0 aliphatic carbocycles. The second kappa shape index (κ2) is 12.7. The van der Waals surface area contributed by atoms with E-state index in [9.17, 15) is 9.59 Å². The van der Waals surface area contributed by atoms with Crippen LogP contribution in [0.1, 0.15) is 53.7 Å². The first-order chi connectivity index (χ1) is 19.8. The molecule has 4 aromatic rings. The van der Waals surface area contributed by atoms with E-state index in [1.807, 2.05) is 69.5 Å². The lowest BCUT2D eigenvalue weighted by Crippen LogP contribution is -2.21. The maximum atomic E-state index is 13.1. The summed E-state index contributed by atoms with van der Waals surface area (Å²) < 4.78 is 7.79. The minimum Gasteiger partial charge on any atom is -0.457 e. The van der Waals surface area contributed by atoms with Crippen molar-refractivity contribution in [2.24, 2.45) is 5.41 Å². The average Bonchev–Trinajstić information content (AvgIpc) is 3.33. The SMILES string of the molecule is CSc1cc(Oc2ccnc(NC(=O)CC(C)(C)C)c2)ccc1NC(=O)Nc1cc(C(C)(C)C)nn1-c1ccccc1. The highest BCUT2D eigenvalue weighted by molar-refractivity contribution is 7.98. The first-order valence-corrected chi connectivity index (χ1v) is 14.9. The number of anilines is 3. The highest BCUT2D eigenvalue weighted by Gasteiger charge is 2.22. The Bertz CT molecular complexity index is 1550. The normalized spacial score (nSPS) is 11.6. The molecule has 2 aromatic heterocycles. The molecule has 220 valence electrons. The predicted molar refractivity (Wildman–Crippen MR) is 170 cm³/mol. The zero-order chi connectivity index (χ0) is 30.5. The highest BCUT2D eigenvalue weighted by Crippen LogP contribution is 2.33. The lowest BCUT2D eigenvalue weighted by atomic mass is 9.92. The number of nitrogens with one attached hydrogen (secondary N) is 3. The summed E-state index contributed by atoms with van der Waals surface area (Å²) in [5.74, 6) is 2.00. The Morgan fingerprint density at radius 3 is 2.26 bits per heavy atom. The number of para-hydroxylation sites is 1. The van der Waals surface area contributed by atoms with Gasteiger partial charge in [-0.2, -0.15) is 5.10 Å². The zero-order valence-electron chi connectivity index (χ0n) is 25.1. The van der Waals surface area contributed by atoms with Gasteiger partial charge in [0.2, 0.25) is 5.91 Å².